The van der Waals surface area contributed by atoms with Gasteiger partial charge in [-0.05, 0) is 37.8 Å². The number of piperidine rings is 1. The van der Waals surface area contributed by atoms with Crippen LogP contribution in [0.1, 0.15) is 54.2 Å². The molecular weight excluding hydrogens is 366 g/mol. The number of nitrogens with zero attached hydrogens (tertiary/aromatic N) is 3. The molecular formula is C22H31N5O2. The normalized spacial score (nSPS) is 16.9. The van der Waals surface area contributed by atoms with Crippen molar-refractivity contribution in [2.45, 2.75) is 39.5 Å². The average molecular weight is 398 g/mol. The van der Waals surface area contributed by atoms with Crippen LogP contribution in [0, 0.1) is 12.8 Å². The zero-order chi connectivity index (χ0) is 21.0. The van der Waals surface area contributed by atoms with E-state index in [0.29, 0.717) is 31.7 Å². The first-order valence-corrected chi connectivity index (χ1v) is 10.3. The summed E-state index contributed by atoms with van der Waals surface area (Å²) in [6.45, 7) is 8.15. The summed E-state index contributed by atoms with van der Waals surface area (Å²) in [6, 6.07) is 8.11. The summed E-state index contributed by atoms with van der Waals surface area (Å²) in [5.74, 6) is -0.129. The molecule has 0 radical (unpaired) electrons. The molecule has 2 aromatic rings. The summed E-state index contributed by atoms with van der Waals surface area (Å²) in [6.07, 6.45) is 3.27. The van der Waals surface area contributed by atoms with Gasteiger partial charge in [0.15, 0.2) is 0 Å². The fourth-order valence-electron chi connectivity index (χ4n) is 3.86. The van der Waals surface area contributed by atoms with Crippen molar-refractivity contribution in [1.29, 1.82) is 0 Å². The lowest BCUT2D eigenvalue weighted by molar-refractivity contribution is -0.126. The van der Waals surface area contributed by atoms with E-state index in [0.717, 1.165) is 24.2 Å². The molecule has 0 spiro atoms. The molecule has 2 amide bonds. The number of carbonyl (C=O) groups is 2. The van der Waals surface area contributed by atoms with Gasteiger partial charge in [-0.1, -0.05) is 31.5 Å². The van der Waals surface area contributed by atoms with E-state index in [-0.39, 0.29) is 23.7 Å². The fraction of sp³-hybridized carbons (Fsp3) is 0.500. The van der Waals surface area contributed by atoms with Gasteiger partial charge < -0.3 is 16.0 Å². The summed E-state index contributed by atoms with van der Waals surface area (Å²) < 4.78 is 1.85. The van der Waals surface area contributed by atoms with Crippen LogP contribution in [-0.4, -0.2) is 52.7 Å². The maximum absolute atomic E-state index is 13.3. The number of amides is 2. The Bertz CT molecular complexity index is 857. The van der Waals surface area contributed by atoms with Gasteiger partial charge in [-0.25, -0.2) is 4.68 Å². The van der Waals surface area contributed by atoms with E-state index in [1.54, 1.807) is 11.1 Å². The van der Waals surface area contributed by atoms with E-state index in [1.807, 2.05) is 35.9 Å². The topological polar surface area (TPSA) is 93.2 Å². The third-order valence-corrected chi connectivity index (χ3v) is 5.39. The number of nitrogens with two attached hydrogens (primary N) is 1. The molecule has 1 aliphatic heterocycles. The van der Waals surface area contributed by atoms with Crippen LogP contribution in [0.4, 0.5) is 0 Å². The van der Waals surface area contributed by atoms with Gasteiger partial charge in [0.1, 0.15) is 0 Å². The number of nitrogens with one attached hydrogen (secondary N) is 1. The van der Waals surface area contributed by atoms with Gasteiger partial charge in [0.25, 0.3) is 5.91 Å². The molecule has 3 rings (SSSR count). The molecule has 0 aliphatic carbocycles. The van der Waals surface area contributed by atoms with Crippen molar-refractivity contribution in [3.05, 3.63) is 47.3 Å². The third kappa shape index (κ3) is 4.67. The van der Waals surface area contributed by atoms with Gasteiger partial charge in [0.05, 0.1) is 29.1 Å². The Balaban J connectivity index is 1.83. The molecule has 1 aliphatic rings. The highest BCUT2D eigenvalue weighted by Crippen LogP contribution is 2.26. The molecule has 1 saturated heterocycles. The number of carbonyl (C=O) groups excluding carboxylic acids is 2. The van der Waals surface area contributed by atoms with E-state index in [4.69, 9.17) is 5.73 Å². The highest BCUT2D eigenvalue weighted by molar-refractivity contribution is 5.96. The molecule has 3 N–H and O–H groups in total. The van der Waals surface area contributed by atoms with Crippen molar-refractivity contribution in [3.8, 4) is 5.69 Å². The Labute approximate surface area is 172 Å². The standard InChI is InChI=1S/C22H31N5O2/c1-15(2)20-19(13-25-27(20)18-8-6-16(3)7-9-18)22(29)26-12-4-5-17(14-26)21(28)24-11-10-23/h6-9,13,15,17H,4-5,10-12,14,23H2,1-3H3,(H,24,28). The zero-order valence-electron chi connectivity index (χ0n) is 17.5. The van der Waals surface area contributed by atoms with Crippen LogP contribution < -0.4 is 11.1 Å². The zero-order valence-corrected chi connectivity index (χ0v) is 17.5. The van der Waals surface area contributed by atoms with Crippen LogP contribution in [0.5, 0.6) is 0 Å². The molecule has 2 heterocycles. The van der Waals surface area contributed by atoms with Crippen molar-refractivity contribution in [2.24, 2.45) is 11.7 Å². The summed E-state index contributed by atoms with van der Waals surface area (Å²) >= 11 is 0. The van der Waals surface area contributed by atoms with Crippen molar-refractivity contribution >= 4 is 11.8 Å². The fourth-order valence-corrected chi connectivity index (χ4v) is 3.86. The Hall–Kier alpha value is -2.67. The van der Waals surface area contributed by atoms with Crippen LogP contribution >= 0.6 is 0 Å². The van der Waals surface area contributed by atoms with Gasteiger partial charge >= 0.3 is 0 Å². The number of rotatable bonds is 6. The Morgan fingerprint density at radius 1 is 1.28 bits per heavy atom. The first-order chi connectivity index (χ1) is 13.9. The number of hydrogen-bond acceptors (Lipinski definition) is 4. The lowest BCUT2D eigenvalue weighted by Gasteiger charge is -2.32. The average Bonchev–Trinajstić information content (AvgIpc) is 3.17. The van der Waals surface area contributed by atoms with Gasteiger partial charge in [-0.3, -0.25) is 9.59 Å². The monoisotopic (exact) mass is 397 g/mol. The minimum absolute atomic E-state index is 0.0209. The second kappa shape index (κ2) is 9.22. The predicted molar refractivity (Wildman–Crippen MR) is 113 cm³/mol. The van der Waals surface area contributed by atoms with E-state index in [1.165, 1.54) is 5.56 Å². The largest absolute Gasteiger partial charge is 0.355 e. The number of hydrogen-bond donors (Lipinski definition) is 2. The lowest BCUT2D eigenvalue weighted by atomic mass is 9.96. The number of benzene rings is 1. The molecule has 7 nitrogen and oxygen atoms in total. The molecule has 7 heteroatoms. The summed E-state index contributed by atoms with van der Waals surface area (Å²) in [5, 5.41) is 7.37. The van der Waals surface area contributed by atoms with Gasteiger partial charge in [-0.15, -0.1) is 0 Å². The first kappa shape index (κ1) is 21.0. The Morgan fingerprint density at radius 3 is 2.66 bits per heavy atom. The molecule has 1 aromatic carbocycles. The summed E-state index contributed by atoms with van der Waals surface area (Å²) in [7, 11) is 0. The lowest BCUT2D eigenvalue weighted by Crippen LogP contribution is -2.46. The molecule has 0 bridgehead atoms. The highest BCUT2D eigenvalue weighted by Gasteiger charge is 2.31. The minimum Gasteiger partial charge on any atom is -0.355 e. The van der Waals surface area contributed by atoms with Gasteiger partial charge in [-0.2, -0.15) is 5.10 Å². The first-order valence-electron chi connectivity index (χ1n) is 10.3. The molecule has 1 unspecified atom stereocenters. The molecule has 156 valence electrons. The highest BCUT2D eigenvalue weighted by atomic mass is 16.2. The van der Waals surface area contributed by atoms with Crippen molar-refractivity contribution in [1.82, 2.24) is 20.0 Å². The number of aromatic nitrogens is 2. The van der Waals surface area contributed by atoms with E-state index in [2.05, 4.69) is 24.3 Å². The molecule has 29 heavy (non-hydrogen) atoms. The number of aryl methyl sites for hydroxylation is 1. The second-order valence-corrected chi connectivity index (χ2v) is 8.02. The Kier molecular flexibility index (Phi) is 6.69. The maximum Gasteiger partial charge on any atom is 0.257 e. The summed E-state index contributed by atoms with van der Waals surface area (Å²) in [4.78, 5) is 27.4. The van der Waals surface area contributed by atoms with Crippen molar-refractivity contribution in [2.75, 3.05) is 26.2 Å². The van der Waals surface area contributed by atoms with Crippen LogP contribution in [0.25, 0.3) is 5.69 Å². The molecule has 0 saturated carbocycles. The summed E-state index contributed by atoms with van der Waals surface area (Å²) in [5.41, 5.74) is 9.10. The van der Waals surface area contributed by atoms with Crippen LogP contribution in [0.15, 0.2) is 30.5 Å². The molecule has 1 fully saturated rings. The maximum atomic E-state index is 13.3. The molecule has 1 atom stereocenters. The quantitative estimate of drug-likeness (QED) is 0.782. The van der Waals surface area contributed by atoms with E-state index >= 15 is 0 Å². The van der Waals surface area contributed by atoms with E-state index in [9.17, 15) is 9.59 Å². The van der Waals surface area contributed by atoms with Crippen molar-refractivity contribution < 1.29 is 9.59 Å². The van der Waals surface area contributed by atoms with Gasteiger partial charge in [0, 0.05) is 26.2 Å². The van der Waals surface area contributed by atoms with Crippen molar-refractivity contribution in [3.63, 3.8) is 0 Å². The number of likely N-dealkylation sites (tertiary alicyclic amines) is 1. The van der Waals surface area contributed by atoms with Crippen LogP contribution in [-0.2, 0) is 4.79 Å². The van der Waals surface area contributed by atoms with Crippen LogP contribution in [0.2, 0.25) is 0 Å². The van der Waals surface area contributed by atoms with Gasteiger partial charge in [0.2, 0.25) is 5.91 Å². The predicted octanol–water partition coefficient (Wildman–Crippen LogP) is 2.23. The Morgan fingerprint density at radius 2 is 2.00 bits per heavy atom. The van der Waals surface area contributed by atoms with Crippen LogP contribution in [0.3, 0.4) is 0 Å². The molecule has 1 aromatic heterocycles. The minimum atomic E-state index is -0.186. The third-order valence-electron chi connectivity index (χ3n) is 5.39. The SMILES string of the molecule is Cc1ccc(-n2ncc(C(=O)N3CCCC(C(=O)NCCN)C3)c2C(C)C)cc1. The second-order valence-electron chi connectivity index (χ2n) is 8.02. The smallest absolute Gasteiger partial charge is 0.257 e. The van der Waals surface area contributed by atoms with E-state index < -0.39 is 0 Å².